The summed E-state index contributed by atoms with van der Waals surface area (Å²) in [7, 11) is 0. The standard InChI is InChI=1S/C43H27N3O2/c1-2-11-27(12-3-1)41-44-42(30-21-20-26-10-4-5-13-28(26)24-30)46-43(45-41)35-17-9-19-37-39(35)34-23-22-29(25-38(34)47-37)31-15-8-16-33-32-14-6-7-18-36(32)48-40(31)33/h1-19,22-25H,20-21H2. The summed E-state index contributed by atoms with van der Waals surface area (Å²) in [6.45, 7) is 0. The van der Waals surface area contributed by atoms with Crippen molar-refractivity contribution in [3.05, 3.63) is 150 Å². The maximum atomic E-state index is 6.54. The van der Waals surface area contributed by atoms with Gasteiger partial charge in [-0.1, -0.05) is 109 Å². The largest absolute Gasteiger partial charge is 0.456 e. The van der Waals surface area contributed by atoms with Crippen LogP contribution in [0.1, 0.15) is 23.4 Å². The fourth-order valence-corrected chi connectivity index (χ4v) is 7.12. The molecule has 3 heterocycles. The van der Waals surface area contributed by atoms with Crippen molar-refractivity contribution in [2.45, 2.75) is 12.8 Å². The van der Waals surface area contributed by atoms with Crippen LogP contribution in [0.25, 0.3) is 89.4 Å². The third-order valence-electron chi connectivity index (χ3n) is 9.46. The van der Waals surface area contributed by atoms with Gasteiger partial charge in [0.05, 0.1) is 0 Å². The van der Waals surface area contributed by atoms with Crippen molar-refractivity contribution >= 4 is 55.5 Å². The quantitative estimate of drug-likeness (QED) is 0.197. The van der Waals surface area contributed by atoms with Gasteiger partial charge >= 0.3 is 0 Å². The second-order valence-corrected chi connectivity index (χ2v) is 12.3. The molecule has 0 atom stereocenters. The van der Waals surface area contributed by atoms with Gasteiger partial charge in [0.15, 0.2) is 17.5 Å². The van der Waals surface area contributed by atoms with Gasteiger partial charge in [-0.25, -0.2) is 15.0 Å². The average Bonchev–Trinajstić information content (AvgIpc) is 3.73. The van der Waals surface area contributed by atoms with Gasteiger partial charge in [0.2, 0.25) is 0 Å². The molecule has 3 aromatic heterocycles. The molecule has 48 heavy (non-hydrogen) atoms. The number of aromatic nitrogens is 3. The van der Waals surface area contributed by atoms with Crippen LogP contribution in [-0.4, -0.2) is 15.0 Å². The first-order valence-electron chi connectivity index (χ1n) is 16.2. The summed E-state index contributed by atoms with van der Waals surface area (Å²) in [5.41, 5.74) is 11.0. The zero-order chi connectivity index (χ0) is 31.6. The predicted molar refractivity (Wildman–Crippen MR) is 193 cm³/mol. The number of benzene rings is 6. The van der Waals surface area contributed by atoms with E-state index in [0.29, 0.717) is 17.5 Å². The van der Waals surface area contributed by atoms with Crippen LogP contribution in [0.3, 0.4) is 0 Å². The Morgan fingerprint density at radius 3 is 2.17 bits per heavy atom. The number of aryl methyl sites for hydroxylation is 1. The molecule has 6 aromatic carbocycles. The summed E-state index contributed by atoms with van der Waals surface area (Å²) in [4.78, 5) is 15.2. The fraction of sp³-hybridized carbons (Fsp3) is 0.0465. The van der Waals surface area contributed by atoms with E-state index in [1.165, 1.54) is 11.1 Å². The summed E-state index contributed by atoms with van der Waals surface area (Å²) in [5.74, 6) is 1.99. The highest BCUT2D eigenvalue weighted by atomic mass is 16.3. The van der Waals surface area contributed by atoms with E-state index >= 15 is 0 Å². The second-order valence-electron chi connectivity index (χ2n) is 12.3. The number of furan rings is 2. The van der Waals surface area contributed by atoms with E-state index in [0.717, 1.165) is 84.5 Å². The maximum absolute atomic E-state index is 6.54. The lowest BCUT2D eigenvalue weighted by Gasteiger charge is -2.16. The topological polar surface area (TPSA) is 65.0 Å². The second kappa shape index (κ2) is 10.6. The Kier molecular flexibility index (Phi) is 5.93. The van der Waals surface area contributed by atoms with E-state index in [4.69, 9.17) is 23.8 Å². The van der Waals surface area contributed by atoms with Crippen LogP contribution in [0, 0.1) is 0 Å². The third kappa shape index (κ3) is 4.28. The Morgan fingerprint density at radius 2 is 1.21 bits per heavy atom. The minimum atomic E-state index is 0.628. The fourth-order valence-electron chi connectivity index (χ4n) is 7.12. The zero-order valence-electron chi connectivity index (χ0n) is 25.9. The first-order chi connectivity index (χ1) is 23.8. The number of fused-ring (bicyclic) bond motifs is 7. The lowest BCUT2D eigenvalue weighted by molar-refractivity contribution is 0.668. The maximum Gasteiger partial charge on any atom is 0.164 e. The molecule has 0 amide bonds. The molecule has 0 unspecified atom stereocenters. The van der Waals surface area contributed by atoms with Crippen LogP contribution in [-0.2, 0) is 6.42 Å². The highest BCUT2D eigenvalue weighted by molar-refractivity contribution is 6.14. The molecule has 10 rings (SSSR count). The molecule has 0 spiro atoms. The van der Waals surface area contributed by atoms with E-state index in [-0.39, 0.29) is 0 Å². The van der Waals surface area contributed by atoms with Gasteiger partial charge in [-0.2, -0.15) is 0 Å². The molecule has 0 N–H and O–H groups in total. The molecule has 9 aromatic rings. The van der Waals surface area contributed by atoms with Crippen molar-refractivity contribution in [1.82, 2.24) is 15.0 Å². The molecule has 0 radical (unpaired) electrons. The van der Waals surface area contributed by atoms with Crippen LogP contribution in [0.5, 0.6) is 0 Å². The van der Waals surface area contributed by atoms with Gasteiger partial charge in [0.1, 0.15) is 22.3 Å². The summed E-state index contributed by atoms with van der Waals surface area (Å²) >= 11 is 0. The molecule has 5 heteroatoms. The van der Waals surface area contributed by atoms with Gasteiger partial charge < -0.3 is 8.83 Å². The molecule has 1 aliphatic carbocycles. The van der Waals surface area contributed by atoms with E-state index in [9.17, 15) is 0 Å². The number of hydrogen-bond donors (Lipinski definition) is 0. The van der Waals surface area contributed by atoms with Crippen LogP contribution < -0.4 is 0 Å². The van der Waals surface area contributed by atoms with E-state index in [1.54, 1.807) is 0 Å². The van der Waals surface area contributed by atoms with E-state index in [1.807, 2.05) is 60.7 Å². The minimum Gasteiger partial charge on any atom is -0.456 e. The lowest BCUT2D eigenvalue weighted by Crippen LogP contribution is -2.06. The van der Waals surface area contributed by atoms with Gasteiger partial charge in [-0.3, -0.25) is 0 Å². The first kappa shape index (κ1) is 26.8. The summed E-state index contributed by atoms with van der Waals surface area (Å²) in [6.07, 6.45) is 4.05. The molecular formula is C43H27N3O2. The summed E-state index contributed by atoms with van der Waals surface area (Å²) < 4.78 is 12.9. The Hall–Kier alpha value is -6.33. The Balaban J connectivity index is 1.15. The van der Waals surface area contributed by atoms with Gasteiger partial charge in [0.25, 0.3) is 0 Å². The van der Waals surface area contributed by atoms with Crippen molar-refractivity contribution in [1.29, 1.82) is 0 Å². The number of para-hydroxylation sites is 2. The Morgan fingerprint density at radius 1 is 0.458 bits per heavy atom. The van der Waals surface area contributed by atoms with E-state index in [2.05, 4.69) is 78.9 Å². The van der Waals surface area contributed by atoms with Crippen LogP contribution in [0.2, 0.25) is 0 Å². The minimum absolute atomic E-state index is 0.628. The first-order valence-corrected chi connectivity index (χ1v) is 16.2. The number of nitrogens with zero attached hydrogens (tertiary/aromatic N) is 3. The lowest BCUT2D eigenvalue weighted by atomic mass is 9.92. The highest BCUT2D eigenvalue weighted by Gasteiger charge is 2.21. The van der Waals surface area contributed by atoms with Gasteiger partial charge in [-0.05, 0) is 65.4 Å². The summed E-state index contributed by atoms with van der Waals surface area (Å²) in [5, 5.41) is 4.21. The molecular weight excluding hydrogens is 590 g/mol. The van der Waals surface area contributed by atoms with Crippen molar-refractivity contribution < 1.29 is 8.83 Å². The number of hydrogen-bond acceptors (Lipinski definition) is 5. The van der Waals surface area contributed by atoms with Crippen molar-refractivity contribution in [3.8, 4) is 33.9 Å². The third-order valence-corrected chi connectivity index (χ3v) is 9.46. The van der Waals surface area contributed by atoms with Gasteiger partial charge in [-0.15, -0.1) is 0 Å². The van der Waals surface area contributed by atoms with Crippen LogP contribution in [0.4, 0.5) is 0 Å². The highest BCUT2D eigenvalue weighted by Crippen LogP contribution is 2.41. The molecule has 0 saturated heterocycles. The number of allylic oxidation sites excluding steroid dienone is 1. The molecule has 0 saturated carbocycles. The molecule has 0 fully saturated rings. The summed E-state index contributed by atoms with van der Waals surface area (Å²) in [6, 6.07) is 45.7. The smallest absolute Gasteiger partial charge is 0.164 e. The van der Waals surface area contributed by atoms with Crippen LogP contribution >= 0.6 is 0 Å². The SMILES string of the molecule is C1=C(c2nc(-c3ccccc3)nc(-c3cccc4oc5cc(-c6cccc7c6oc6ccccc67)ccc5c34)n2)CCc2ccccc21. The molecule has 1 aliphatic rings. The molecule has 5 nitrogen and oxygen atoms in total. The van der Waals surface area contributed by atoms with Crippen molar-refractivity contribution in [3.63, 3.8) is 0 Å². The predicted octanol–water partition coefficient (Wildman–Crippen LogP) is 11.2. The van der Waals surface area contributed by atoms with Crippen molar-refractivity contribution in [2.75, 3.05) is 0 Å². The molecule has 0 aliphatic heterocycles. The van der Waals surface area contributed by atoms with E-state index < -0.39 is 0 Å². The van der Waals surface area contributed by atoms with Crippen LogP contribution in [0.15, 0.2) is 142 Å². The number of rotatable bonds is 4. The Bertz CT molecular complexity index is 2740. The normalized spacial score (nSPS) is 13.0. The van der Waals surface area contributed by atoms with Gasteiger partial charge in [0, 0.05) is 38.2 Å². The Labute approximate surface area is 275 Å². The molecule has 226 valence electrons. The average molecular weight is 618 g/mol. The monoisotopic (exact) mass is 617 g/mol. The molecule has 0 bridgehead atoms. The zero-order valence-corrected chi connectivity index (χ0v) is 25.9. The van der Waals surface area contributed by atoms with Crippen molar-refractivity contribution in [2.24, 2.45) is 0 Å².